The van der Waals surface area contributed by atoms with Crippen LogP contribution < -0.4 is 9.75 Å². The molecule has 112 valence electrons. The van der Waals surface area contributed by atoms with E-state index in [1.807, 2.05) is 36.4 Å². The van der Waals surface area contributed by atoms with Crippen LogP contribution in [0.5, 0.6) is 5.75 Å². The van der Waals surface area contributed by atoms with Crippen molar-refractivity contribution in [3.05, 3.63) is 54.4 Å². The first-order valence-corrected chi connectivity index (χ1v) is 7.31. The van der Waals surface area contributed by atoms with Gasteiger partial charge < -0.3 is 4.74 Å². The molecule has 1 aliphatic rings. The molecular weight excluding hydrogens is 278 g/mol. The van der Waals surface area contributed by atoms with Crippen molar-refractivity contribution in [1.82, 2.24) is 4.98 Å². The number of nitrogens with zero attached hydrogens (tertiary/aromatic N) is 3. The summed E-state index contributed by atoms with van der Waals surface area (Å²) in [6, 6.07) is 11.2. The maximum absolute atomic E-state index is 12.2. The molecule has 0 N–H and O–H groups in total. The number of benzene rings is 1. The van der Waals surface area contributed by atoms with Crippen LogP contribution in [0.2, 0.25) is 0 Å². The average Bonchev–Trinajstić information content (AvgIpc) is 2.96. The van der Waals surface area contributed by atoms with Crippen LogP contribution in [0.4, 0.5) is 5.69 Å². The fourth-order valence-electron chi connectivity index (χ4n) is 2.23. The zero-order valence-electron chi connectivity index (χ0n) is 12.4. The number of aromatic nitrogens is 1. The van der Waals surface area contributed by atoms with Gasteiger partial charge in [-0.3, -0.25) is 9.78 Å². The van der Waals surface area contributed by atoms with Crippen molar-refractivity contribution in [1.29, 1.82) is 0 Å². The normalized spacial score (nSPS) is 14.1. The van der Waals surface area contributed by atoms with Crippen LogP contribution in [0.1, 0.15) is 25.3 Å². The van der Waals surface area contributed by atoms with E-state index >= 15 is 0 Å². The molecular formula is C17H17N3O2. The fraction of sp³-hybridized carbons (Fsp3) is 0.235. The number of carbonyl (C=O) groups is 1. The van der Waals surface area contributed by atoms with Gasteiger partial charge in [-0.05, 0) is 42.8 Å². The Bertz CT molecular complexity index is 681. The van der Waals surface area contributed by atoms with Crippen molar-refractivity contribution < 1.29 is 9.53 Å². The van der Waals surface area contributed by atoms with Gasteiger partial charge in [0.1, 0.15) is 5.75 Å². The number of ether oxygens (including phenoxy) is 1. The van der Waals surface area contributed by atoms with E-state index < -0.39 is 0 Å². The molecule has 1 aromatic carbocycles. The van der Waals surface area contributed by atoms with E-state index in [1.165, 1.54) is 5.01 Å². The van der Waals surface area contributed by atoms with Gasteiger partial charge in [-0.15, -0.1) is 0 Å². The minimum atomic E-state index is -0.0407. The lowest BCUT2D eigenvalue weighted by Gasteiger charge is -2.12. The zero-order chi connectivity index (χ0) is 15.4. The Kier molecular flexibility index (Phi) is 4.14. The van der Waals surface area contributed by atoms with Crippen molar-refractivity contribution in [3.63, 3.8) is 0 Å². The summed E-state index contributed by atoms with van der Waals surface area (Å²) in [6.07, 6.45) is 4.68. The summed E-state index contributed by atoms with van der Waals surface area (Å²) < 4.78 is 5.54. The Morgan fingerprint density at radius 3 is 2.73 bits per heavy atom. The highest BCUT2D eigenvalue weighted by atomic mass is 16.5. The largest absolute Gasteiger partial charge is 0.494 e. The quantitative estimate of drug-likeness (QED) is 0.852. The fourth-order valence-corrected chi connectivity index (χ4v) is 2.23. The van der Waals surface area contributed by atoms with E-state index in [1.54, 1.807) is 12.4 Å². The number of anilines is 1. The lowest BCUT2D eigenvalue weighted by atomic mass is 10.1. The molecule has 1 aromatic heterocycles. The number of hydrazone groups is 1. The molecule has 2 heterocycles. The highest BCUT2D eigenvalue weighted by Gasteiger charge is 2.26. The maximum atomic E-state index is 12.2. The Hall–Kier alpha value is -2.69. The first-order chi connectivity index (χ1) is 10.8. The summed E-state index contributed by atoms with van der Waals surface area (Å²) in [4.78, 5) is 16.2. The molecule has 0 unspecified atom stereocenters. The van der Waals surface area contributed by atoms with Crippen LogP contribution in [0.25, 0.3) is 0 Å². The zero-order valence-corrected chi connectivity index (χ0v) is 12.4. The molecule has 3 rings (SSSR count). The molecule has 1 aliphatic heterocycles. The van der Waals surface area contributed by atoms with Gasteiger partial charge >= 0.3 is 0 Å². The molecule has 0 fully saturated rings. The monoisotopic (exact) mass is 295 g/mol. The highest BCUT2D eigenvalue weighted by molar-refractivity contribution is 6.19. The standard InChI is InChI=1S/C17H17N3O2/c1-2-10-22-15-7-5-14(6-8-15)20-17(21)11-16(19-20)13-4-3-9-18-12-13/h3-9,12H,2,10-11H2,1H3. The average molecular weight is 295 g/mol. The van der Waals surface area contributed by atoms with Gasteiger partial charge in [-0.2, -0.15) is 5.10 Å². The second kappa shape index (κ2) is 6.39. The second-order valence-corrected chi connectivity index (χ2v) is 5.01. The first kappa shape index (κ1) is 14.3. The van der Waals surface area contributed by atoms with Gasteiger partial charge in [0.15, 0.2) is 0 Å². The maximum Gasteiger partial charge on any atom is 0.253 e. The van der Waals surface area contributed by atoms with Crippen LogP contribution in [-0.2, 0) is 4.79 Å². The summed E-state index contributed by atoms with van der Waals surface area (Å²) in [5.41, 5.74) is 2.36. The number of amides is 1. The topological polar surface area (TPSA) is 54.8 Å². The Labute approximate surface area is 129 Å². The van der Waals surface area contributed by atoms with Crippen molar-refractivity contribution in [2.45, 2.75) is 19.8 Å². The van der Waals surface area contributed by atoms with E-state index in [4.69, 9.17) is 4.74 Å². The third kappa shape index (κ3) is 2.98. The van der Waals surface area contributed by atoms with Crippen molar-refractivity contribution >= 4 is 17.3 Å². The molecule has 1 amide bonds. The molecule has 5 heteroatoms. The smallest absolute Gasteiger partial charge is 0.253 e. The summed E-state index contributed by atoms with van der Waals surface area (Å²) >= 11 is 0. The molecule has 0 saturated heterocycles. The van der Waals surface area contributed by atoms with Gasteiger partial charge in [-0.25, -0.2) is 5.01 Å². The van der Waals surface area contributed by atoms with E-state index in [0.29, 0.717) is 13.0 Å². The molecule has 0 aliphatic carbocycles. The molecule has 0 radical (unpaired) electrons. The second-order valence-electron chi connectivity index (χ2n) is 5.01. The summed E-state index contributed by atoms with van der Waals surface area (Å²) in [6.45, 7) is 2.75. The summed E-state index contributed by atoms with van der Waals surface area (Å²) in [5.74, 6) is 0.759. The van der Waals surface area contributed by atoms with Crippen molar-refractivity contribution in [2.24, 2.45) is 5.10 Å². The van der Waals surface area contributed by atoms with Gasteiger partial charge in [0.25, 0.3) is 5.91 Å². The molecule has 0 bridgehead atoms. The predicted molar refractivity (Wildman–Crippen MR) is 85.1 cm³/mol. The number of hydrogen-bond donors (Lipinski definition) is 0. The van der Waals surface area contributed by atoms with Crippen LogP contribution in [0, 0.1) is 0 Å². The molecule has 2 aromatic rings. The third-order valence-corrected chi connectivity index (χ3v) is 3.32. The van der Waals surface area contributed by atoms with Crippen LogP contribution in [0.3, 0.4) is 0 Å². The van der Waals surface area contributed by atoms with Gasteiger partial charge in [0.05, 0.1) is 24.4 Å². The molecule has 22 heavy (non-hydrogen) atoms. The number of pyridine rings is 1. The third-order valence-electron chi connectivity index (χ3n) is 3.32. The van der Waals surface area contributed by atoms with Gasteiger partial charge in [-0.1, -0.05) is 6.92 Å². The van der Waals surface area contributed by atoms with Crippen LogP contribution in [-0.4, -0.2) is 23.2 Å². The van der Waals surface area contributed by atoms with Crippen LogP contribution >= 0.6 is 0 Å². The van der Waals surface area contributed by atoms with Crippen LogP contribution in [0.15, 0.2) is 53.9 Å². The minimum absolute atomic E-state index is 0.0407. The Balaban J connectivity index is 1.79. The number of rotatable bonds is 5. The number of carbonyl (C=O) groups excluding carboxylic acids is 1. The lowest BCUT2D eigenvalue weighted by Crippen LogP contribution is -2.19. The highest BCUT2D eigenvalue weighted by Crippen LogP contribution is 2.25. The van der Waals surface area contributed by atoms with E-state index in [2.05, 4.69) is 17.0 Å². The predicted octanol–water partition coefficient (Wildman–Crippen LogP) is 3.01. The Morgan fingerprint density at radius 1 is 1.23 bits per heavy atom. The Morgan fingerprint density at radius 2 is 2.05 bits per heavy atom. The SMILES string of the molecule is CCCOc1ccc(N2N=C(c3cccnc3)CC2=O)cc1. The minimum Gasteiger partial charge on any atom is -0.494 e. The van der Waals surface area contributed by atoms with Gasteiger partial charge in [0, 0.05) is 18.0 Å². The van der Waals surface area contributed by atoms with Gasteiger partial charge in [0.2, 0.25) is 0 Å². The summed E-state index contributed by atoms with van der Waals surface area (Å²) in [7, 11) is 0. The van der Waals surface area contributed by atoms with E-state index in [9.17, 15) is 4.79 Å². The first-order valence-electron chi connectivity index (χ1n) is 7.31. The summed E-state index contributed by atoms with van der Waals surface area (Å²) in [5, 5.41) is 5.86. The van der Waals surface area contributed by atoms with E-state index in [-0.39, 0.29) is 5.91 Å². The molecule has 0 saturated carbocycles. The molecule has 5 nitrogen and oxygen atoms in total. The van der Waals surface area contributed by atoms with Crippen molar-refractivity contribution in [2.75, 3.05) is 11.6 Å². The van der Waals surface area contributed by atoms with E-state index in [0.717, 1.165) is 29.1 Å². The van der Waals surface area contributed by atoms with Crippen molar-refractivity contribution in [3.8, 4) is 5.75 Å². The lowest BCUT2D eigenvalue weighted by molar-refractivity contribution is -0.116. The molecule has 0 spiro atoms. The molecule has 0 atom stereocenters. The number of hydrogen-bond acceptors (Lipinski definition) is 4.